The van der Waals surface area contributed by atoms with Gasteiger partial charge < -0.3 is 24.4 Å². The van der Waals surface area contributed by atoms with E-state index in [1.807, 2.05) is 54.3 Å². The van der Waals surface area contributed by atoms with Crippen LogP contribution in [0, 0.1) is 23.2 Å². The van der Waals surface area contributed by atoms with Crippen LogP contribution in [0.15, 0.2) is 82.2 Å². The fourth-order valence-corrected chi connectivity index (χ4v) is 10.5. The summed E-state index contributed by atoms with van der Waals surface area (Å²) in [6, 6.07) is 20.1. The molecule has 1 saturated heterocycles. The van der Waals surface area contributed by atoms with E-state index in [1.165, 1.54) is 50.7 Å². The number of fused-ring (bicyclic) bond motifs is 2. The summed E-state index contributed by atoms with van der Waals surface area (Å²) in [6.45, 7) is 11.1. The number of nitrogens with one attached hydrogen (secondary N) is 1. The molecule has 54 heavy (non-hydrogen) atoms. The van der Waals surface area contributed by atoms with Crippen molar-refractivity contribution < 1.29 is 18.8 Å². The summed E-state index contributed by atoms with van der Waals surface area (Å²) in [5.41, 5.74) is 5.40. The Labute approximate surface area is 318 Å². The number of rotatable bonds is 10. The lowest BCUT2D eigenvalue weighted by atomic mass is 9.49. The standard InChI is InChI=1S/C45H53N5O4/c1-4-46-33-11-13-37-39(24-33)54-40-25-34(48(5-2)6-3)12-14-38(40)43(37)35-9-7-8-10-36(35)44(53)50-19-17-49(18-20-50)42(52)16-15-41(51)47-29-45-26-30-21-31(27-45)23-32(22-30)28-45/h7-16,24-25,30-32H,4-6,17-23,26-29H2,1-3H3,(H,47,51)/b16-15-,46-33-. The number of hydrogen-bond donors (Lipinski definition) is 1. The number of nitrogens with zero attached hydrogens (tertiary/aromatic N) is 4. The summed E-state index contributed by atoms with van der Waals surface area (Å²) in [5, 5.41) is 4.92. The Morgan fingerprint density at radius 3 is 2.20 bits per heavy atom. The molecule has 7 aliphatic rings. The molecule has 5 aliphatic carbocycles. The highest BCUT2D eigenvalue weighted by molar-refractivity contribution is 6.09. The summed E-state index contributed by atoms with van der Waals surface area (Å²) in [5.74, 6) is 2.75. The molecule has 0 aromatic heterocycles. The number of anilines is 1. The Kier molecular flexibility index (Phi) is 10.1. The highest BCUT2D eigenvalue weighted by Crippen LogP contribution is 2.59. The average Bonchev–Trinajstić information content (AvgIpc) is 3.18. The van der Waals surface area contributed by atoms with Crippen molar-refractivity contribution in [1.82, 2.24) is 15.1 Å². The van der Waals surface area contributed by atoms with Crippen molar-refractivity contribution in [3.8, 4) is 22.5 Å². The zero-order chi connectivity index (χ0) is 37.4. The largest absolute Gasteiger partial charge is 0.456 e. The summed E-state index contributed by atoms with van der Waals surface area (Å²) >= 11 is 0. The molecule has 4 bridgehead atoms. The van der Waals surface area contributed by atoms with Gasteiger partial charge in [-0.05, 0) is 118 Å². The van der Waals surface area contributed by atoms with Gasteiger partial charge in [0.25, 0.3) is 5.91 Å². The normalized spacial score (nSPS) is 23.8. The second-order valence-corrected chi connectivity index (χ2v) is 16.1. The maximum atomic E-state index is 14.3. The van der Waals surface area contributed by atoms with E-state index >= 15 is 0 Å². The van der Waals surface area contributed by atoms with Gasteiger partial charge in [0, 0.05) is 104 Å². The molecule has 1 N–H and O–H groups in total. The van der Waals surface area contributed by atoms with Gasteiger partial charge in [-0.15, -0.1) is 0 Å². The SMILES string of the molecule is CC/N=c1/ccc2c(-c3ccccc3C(=O)N3CCN(C(=O)/C=C\C(=O)NCC45CC6CC(CC(C6)C4)C5)CC3)c3ccc(N(CC)CC)cc3oc-2c1. The third-order valence-electron chi connectivity index (χ3n) is 12.6. The van der Waals surface area contributed by atoms with E-state index < -0.39 is 0 Å². The molecule has 0 unspecified atom stereocenters. The first kappa shape index (κ1) is 36.1. The third kappa shape index (κ3) is 7.05. The first-order valence-electron chi connectivity index (χ1n) is 20.2. The third-order valence-corrected chi connectivity index (χ3v) is 12.6. The zero-order valence-corrected chi connectivity index (χ0v) is 32.0. The van der Waals surface area contributed by atoms with Crippen molar-refractivity contribution in [2.45, 2.75) is 59.3 Å². The summed E-state index contributed by atoms with van der Waals surface area (Å²) in [7, 11) is 0. The molecule has 0 radical (unpaired) electrons. The van der Waals surface area contributed by atoms with E-state index in [0.29, 0.717) is 50.6 Å². The topological polar surface area (TPSA) is 98.5 Å². The molecule has 3 amide bonds. The molecule has 9 rings (SSSR count). The predicted molar refractivity (Wildman–Crippen MR) is 213 cm³/mol. The molecule has 2 aromatic rings. The van der Waals surface area contributed by atoms with E-state index in [2.05, 4.69) is 47.3 Å². The zero-order valence-electron chi connectivity index (χ0n) is 32.0. The van der Waals surface area contributed by atoms with Crippen LogP contribution in [0.5, 0.6) is 0 Å². The second kappa shape index (κ2) is 15.1. The quantitative estimate of drug-likeness (QED) is 0.138. The maximum absolute atomic E-state index is 14.3. The molecule has 2 heterocycles. The fraction of sp³-hybridized carbons (Fsp3) is 0.467. The first-order chi connectivity index (χ1) is 26.3. The van der Waals surface area contributed by atoms with Crippen LogP contribution in [-0.4, -0.2) is 79.9 Å². The fourth-order valence-electron chi connectivity index (χ4n) is 10.5. The van der Waals surface area contributed by atoms with Crippen LogP contribution in [0.25, 0.3) is 33.4 Å². The lowest BCUT2D eigenvalue weighted by Crippen LogP contribution is -2.51. The molecular weight excluding hydrogens is 675 g/mol. The van der Waals surface area contributed by atoms with Gasteiger partial charge >= 0.3 is 0 Å². The Morgan fingerprint density at radius 2 is 1.52 bits per heavy atom. The molecule has 282 valence electrons. The Morgan fingerprint density at radius 1 is 0.833 bits per heavy atom. The molecule has 2 aliphatic heterocycles. The van der Waals surface area contributed by atoms with Crippen molar-refractivity contribution >= 4 is 34.4 Å². The lowest BCUT2D eigenvalue weighted by Gasteiger charge is -2.56. The van der Waals surface area contributed by atoms with E-state index in [0.717, 1.165) is 69.5 Å². The minimum Gasteiger partial charge on any atom is -0.456 e. The van der Waals surface area contributed by atoms with Gasteiger partial charge in [-0.1, -0.05) is 18.2 Å². The van der Waals surface area contributed by atoms with Crippen LogP contribution < -0.4 is 15.6 Å². The maximum Gasteiger partial charge on any atom is 0.254 e. The van der Waals surface area contributed by atoms with Crippen molar-refractivity contribution in [1.29, 1.82) is 0 Å². The van der Waals surface area contributed by atoms with Crippen LogP contribution in [0.1, 0.15) is 69.7 Å². The number of piperazine rings is 1. The number of benzene rings is 3. The van der Waals surface area contributed by atoms with E-state index in [1.54, 1.807) is 4.90 Å². The van der Waals surface area contributed by atoms with Crippen LogP contribution in [0.2, 0.25) is 0 Å². The van der Waals surface area contributed by atoms with Gasteiger partial charge in [0.2, 0.25) is 11.8 Å². The van der Waals surface area contributed by atoms with Crippen molar-refractivity contribution in [2.75, 3.05) is 57.3 Å². The molecule has 5 fully saturated rings. The van der Waals surface area contributed by atoms with Crippen molar-refractivity contribution in [2.24, 2.45) is 28.2 Å². The molecule has 9 nitrogen and oxygen atoms in total. The second-order valence-electron chi connectivity index (χ2n) is 16.1. The predicted octanol–water partition coefficient (Wildman–Crippen LogP) is 7.14. The Hall–Kier alpha value is -4.92. The number of hydrogen-bond acceptors (Lipinski definition) is 6. The molecule has 0 spiro atoms. The molecule has 0 atom stereocenters. The van der Waals surface area contributed by atoms with Gasteiger partial charge in [0.15, 0.2) is 0 Å². The minimum absolute atomic E-state index is 0.0725. The Bertz CT molecular complexity index is 2090. The van der Waals surface area contributed by atoms with Gasteiger partial charge in [0.05, 0.1) is 5.36 Å². The van der Waals surface area contributed by atoms with E-state index in [9.17, 15) is 14.4 Å². The van der Waals surface area contributed by atoms with E-state index in [-0.39, 0.29) is 23.1 Å². The lowest BCUT2D eigenvalue weighted by molar-refractivity contribution is -0.128. The highest BCUT2D eigenvalue weighted by Gasteiger charge is 2.50. The molecule has 2 aromatic carbocycles. The van der Waals surface area contributed by atoms with Crippen LogP contribution in [0.4, 0.5) is 5.69 Å². The minimum atomic E-state index is -0.198. The number of carbonyl (C=O) groups excluding carboxylic acids is 3. The summed E-state index contributed by atoms with van der Waals surface area (Å²) in [4.78, 5) is 50.8. The van der Waals surface area contributed by atoms with Gasteiger partial charge in [0.1, 0.15) is 11.3 Å². The van der Waals surface area contributed by atoms with E-state index in [4.69, 9.17) is 4.42 Å². The summed E-state index contributed by atoms with van der Waals surface area (Å²) < 4.78 is 6.57. The molecular formula is C45H53N5O4. The Balaban J connectivity index is 0.978. The number of carbonyl (C=O) groups is 3. The van der Waals surface area contributed by atoms with Gasteiger partial charge in [-0.25, -0.2) is 0 Å². The smallest absolute Gasteiger partial charge is 0.254 e. The van der Waals surface area contributed by atoms with Gasteiger partial charge in [-0.2, -0.15) is 0 Å². The van der Waals surface area contributed by atoms with Crippen LogP contribution >= 0.6 is 0 Å². The van der Waals surface area contributed by atoms with Crippen LogP contribution in [0.3, 0.4) is 0 Å². The first-order valence-corrected chi connectivity index (χ1v) is 20.2. The number of amides is 3. The van der Waals surface area contributed by atoms with Crippen molar-refractivity contribution in [3.05, 3.63) is 83.7 Å². The molecule has 9 heteroatoms. The average molecular weight is 728 g/mol. The van der Waals surface area contributed by atoms with Crippen molar-refractivity contribution in [3.63, 3.8) is 0 Å². The molecule has 4 saturated carbocycles. The summed E-state index contributed by atoms with van der Waals surface area (Å²) in [6.07, 6.45) is 10.6. The van der Waals surface area contributed by atoms with Gasteiger partial charge in [-0.3, -0.25) is 19.4 Å². The monoisotopic (exact) mass is 727 g/mol. The van der Waals surface area contributed by atoms with Crippen LogP contribution in [-0.2, 0) is 9.59 Å². The highest BCUT2D eigenvalue weighted by atomic mass is 16.3.